The molecule has 1 amide bonds. The van der Waals surface area contributed by atoms with Crippen LogP contribution in [0.2, 0.25) is 0 Å². The van der Waals surface area contributed by atoms with E-state index in [0.717, 1.165) is 25.8 Å². The zero-order valence-corrected chi connectivity index (χ0v) is 7.97. The Kier molecular flexibility index (Phi) is 3.53. The first kappa shape index (κ1) is 9.52. The Morgan fingerprint density at radius 1 is 1.50 bits per heavy atom. The smallest absolute Gasteiger partial charge is 0.237 e. The molecule has 0 spiro atoms. The summed E-state index contributed by atoms with van der Waals surface area (Å²) >= 11 is 0. The van der Waals surface area contributed by atoms with Crippen LogP contribution >= 0.6 is 0 Å². The Bertz CT molecular complexity index is 159. The van der Waals surface area contributed by atoms with Gasteiger partial charge < -0.3 is 4.90 Å². The molecule has 1 aliphatic heterocycles. The van der Waals surface area contributed by atoms with Gasteiger partial charge in [0.2, 0.25) is 5.91 Å². The minimum atomic E-state index is 0.260. The van der Waals surface area contributed by atoms with Crippen molar-refractivity contribution in [3.8, 4) is 0 Å². The van der Waals surface area contributed by atoms with Gasteiger partial charge in [-0.2, -0.15) is 0 Å². The SMILES string of the molecule is CCCC1NCC(=O)N1CCC. The standard InChI is InChI=1S/C9H18N2O/c1-3-5-8-10-7-9(12)11(8)6-4-2/h8,10H,3-7H2,1-2H3. The van der Waals surface area contributed by atoms with E-state index in [0.29, 0.717) is 12.7 Å². The van der Waals surface area contributed by atoms with E-state index < -0.39 is 0 Å². The highest BCUT2D eigenvalue weighted by atomic mass is 16.2. The van der Waals surface area contributed by atoms with Crippen LogP contribution in [0.4, 0.5) is 0 Å². The van der Waals surface area contributed by atoms with Gasteiger partial charge in [0, 0.05) is 6.54 Å². The van der Waals surface area contributed by atoms with Crippen LogP contribution in [0.25, 0.3) is 0 Å². The number of hydrogen-bond acceptors (Lipinski definition) is 2. The van der Waals surface area contributed by atoms with Gasteiger partial charge in [-0.1, -0.05) is 20.3 Å². The number of amides is 1. The van der Waals surface area contributed by atoms with Crippen molar-refractivity contribution >= 4 is 5.91 Å². The average molecular weight is 170 g/mol. The minimum absolute atomic E-state index is 0.260. The van der Waals surface area contributed by atoms with Crippen LogP contribution in [0.1, 0.15) is 33.1 Å². The largest absolute Gasteiger partial charge is 0.326 e. The van der Waals surface area contributed by atoms with Crippen molar-refractivity contribution < 1.29 is 4.79 Å². The molecule has 1 saturated heterocycles. The van der Waals surface area contributed by atoms with E-state index in [2.05, 4.69) is 19.2 Å². The van der Waals surface area contributed by atoms with Crippen LogP contribution in [-0.4, -0.2) is 30.1 Å². The Labute approximate surface area is 74.1 Å². The second-order valence-corrected chi connectivity index (χ2v) is 3.27. The topological polar surface area (TPSA) is 32.3 Å². The molecule has 1 N–H and O–H groups in total. The number of carbonyl (C=O) groups is 1. The normalized spacial score (nSPS) is 23.7. The summed E-state index contributed by atoms with van der Waals surface area (Å²) in [6.45, 7) is 5.68. The molecular formula is C9H18N2O. The third-order valence-electron chi connectivity index (χ3n) is 2.21. The number of nitrogens with one attached hydrogen (secondary N) is 1. The molecular weight excluding hydrogens is 152 g/mol. The van der Waals surface area contributed by atoms with Crippen molar-refractivity contribution in [2.45, 2.75) is 39.3 Å². The molecule has 1 fully saturated rings. The molecule has 0 aromatic rings. The van der Waals surface area contributed by atoms with Gasteiger partial charge in [-0.05, 0) is 12.8 Å². The minimum Gasteiger partial charge on any atom is -0.326 e. The number of rotatable bonds is 4. The summed E-state index contributed by atoms with van der Waals surface area (Å²) in [7, 11) is 0. The molecule has 0 radical (unpaired) electrons. The van der Waals surface area contributed by atoms with Crippen LogP contribution < -0.4 is 5.32 Å². The molecule has 3 heteroatoms. The third-order valence-corrected chi connectivity index (χ3v) is 2.21. The molecule has 0 saturated carbocycles. The van der Waals surface area contributed by atoms with Crippen molar-refractivity contribution in [3.63, 3.8) is 0 Å². The molecule has 1 atom stereocenters. The first-order chi connectivity index (χ1) is 5.79. The molecule has 1 heterocycles. The highest BCUT2D eigenvalue weighted by molar-refractivity contribution is 5.80. The molecule has 0 aromatic carbocycles. The fraction of sp³-hybridized carbons (Fsp3) is 0.889. The van der Waals surface area contributed by atoms with Crippen LogP contribution in [0.15, 0.2) is 0 Å². The highest BCUT2D eigenvalue weighted by Gasteiger charge is 2.28. The summed E-state index contributed by atoms with van der Waals surface area (Å²) in [5, 5.41) is 3.22. The van der Waals surface area contributed by atoms with E-state index >= 15 is 0 Å². The van der Waals surface area contributed by atoms with Gasteiger partial charge in [0.1, 0.15) is 0 Å². The number of nitrogens with zero attached hydrogens (tertiary/aromatic N) is 1. The third kappa shape index (κ3) is 1.97. The lowest BCUT2D eigenvalue weighted by Crippen LogP contribution is -2.37. The monoisotopic (exact) mass is 170 g/mol. The number of hydrogen-bond donors (Lipinski definition) is 1. The Morgan fingerprint density at radius 2 is 2.25 bits per heavy atom. The van der Waals surface area contributed by atoms with Gasteiger partial charge >= 0.3 is 0 Å². The second-order valence-electron chi connectivity index (χ2n) is 3.27. The van der Waals surface area contributed by atoms with Crippen LogP contribution in [0.3, 0.4) is 0 Å². The molecule has 1 rings (SSSR count). The Balaban J connectivity index is 2.45. The maximum absolute atomic E-state index is 11.3. The molecule has 12 heavy (non-hydrogen) atoms. The quantitative estimate of drug-likeness (QED) is 0.681. The lowest BCUT2D eigenvalue weighted by atomic mass is 10.2. The molecule has 70 valence electrons. The predicted molar refractivity (Wildman–Crippen MR) is 48.7 cm³/mol. The van der Waals surface area contributed by atoms with Gasteiger partial charge in [0.05, 0.1) is 12.7 Å². The van der Waals surface area contributed by atoms with E-state index in [4.69, 9.17) is 0 Å². The van der Waals surface area contributed by atoms with Crippen molar-refractivity contribution in [2.24, 2.45) is 0 Å². The van der Waals surface area contributed by atoms with Crippen LogP contribution in [0, 0.1) is 0 Å². The maximum Gasteiger partial charge on any atom is 0.237 e. The summed E-state index contributed by atoms with van der Waals surface area (Å²) in [4.78, 5) is 13.3. The van der Waals surface area contributed by atoms with Crippen molar-refractivity contribution in [1.29, 1.82) is 0 Å². The Morgan fingerprint density at radius 3 is 2.83 bits per heavy atom. The molecule has 0 aliphatic carbocycles. The number of carbonyl (C=O) groups excluding carboxylic acids is 1. The fourth-order valence-electron chi connectivity index (χ4n) is 1.64. The van der Waals surface area contributed by atoms with E-state index in [1.807, 2.05) is 4.90 Å². The van der Waals surface area contributed by atoms with Crippen molar-refractivity contribution in [2.75, 3.05) is 13.1 Å². The maximum atomic E-state index is 11.3. The lowest BCUT2D eigenvalue weighted by Gasteiger charge is -2.23. The van der Waals surface area contributed by atoms with Gasteiger partial charge in [0.15, 0.2) is 0 Å². The van der Waals surface area contributed by atoms with Gasteiger partial charge in [-0.15, -0.1) is 0 Å². The summed E-state index contributed by atoms with van der Waals surface area (Å²) in [6.07, 6.45) is 3.56. The van der Waals surface area contributed by atoms with Crippen LogP contribution in [-0.2, 0) is 4.79 Å². The molecule has 1 unspecified atom stereocenters. The zero-order chi connectivity index (χ0) is 8.97. The summed E-state index contributed by atoms with van der Waals surface area (Å²) in [5.74, 6) is 0.260. The molecule has 0 bridgehead atoms. The fourth-order valence-corrected chi connectivity index (χ4v) is 1.64. The van der Waals surface area contributed by atoms with Crippen molar-refractivity contribution in [3.05, 3.63) is 0 Å². The van der Waals surface area contributed by atoms with Crippen LogP contribution in [0.5, 0.6) is 0 Å². The summed E-state index contributed by atoms with van der Waals surface area (Å²) in [5.41, 5.74) is 0. The first-order valence-electron chi connectivity index (χ1n) is 4.82. The second kappa shape index (κ2) is 4.45. The average Bonchev–Trinajstić information content (AvgIpc) is 2.37. The summed E-state index contributed by atoms with van der Waals surface area (Å²) in [6, 6.07) is 0. The lowest BCUT2D eigenvalue weighted by molar-refractivity contribution is -0.128. The molecule has 0 aromatic heterocycles. The Hall–Kier alpha value is -0.570. The molecule has 1 aliphatic rings. The molecule has 3 nitrogen and oxygen atoms in total. The van der Waals surface area contributed by atoms with E-state index in [9.17, 15) is 4.79 Å². The first-order valence-corrected chi connectivity index (χ1v) is 4.82. The van der Waals surface area contributed by atoms with Gasteiger partial charge in [-0.3, -0.25) is 10.1 Å². The van der Waals surface area contributed by atoms with Crippen molar-refractivity contribution in [1.82, 2.24) is 10.2 Å². The van der Waals surface area contributed by atoms with Gasteiger partial charge in [0.25, 0.3) is 0 Å². The summed E-state index contributed by atoms with van der Waals surface area (Å²) < 4.78 is 0. The van der Waals surface area contributed by atoms with E-state index in [1.165, 1.54) is 0 Å². The van der Waals surface area contributed by atoms with Gasteiger partial charge in [-0.25, -0.2) is 0 Å². The van der Waals surface area contributed by atoms with E-state index in [1.54, 1.807) is 0 Å². The van der Waals surface area contributed by atoms with E-state index in [-0.39, 0.29) is 5.91 Å². The highest BCUT2D eigenvalue weighted by Crippen LogP contribution is 2.10. The predicted octanol–water partition coefficient (Wildman–Crippen LogP) is 0.954. The zero-order valence-electron chi connectivity index (χ0n) is 7.97.